The highest BCUT2D eigenvalue weighted by atomic mass is 16.4. The van der Waals surface area contributed by atoms with E-state index in [0.29, 0.717) is 5.69 Å². The van der Waals surface area contributed by atoms with Crippen LogP contribution in [0.5, 0.6) is 0 Å². The quantitative estimate of drug-likeness (QED) is 0.696. The van der Waals surface area contributed by atoms with Gasteiger partial charge in [0.2, 0.25) is 5.91 Å². The highest BCUT2D eigenvalue weighted by molar-refractivity contribution is 6.22. The van der Waals surface area contributed by atoms with Gasteiger partial charge >= 0.3 is 5.97 Å². The van der Waals surface area contributed by atoms with Crippen molar-refractivity contribution in [3.05, 3.63) is 59.7 Å². The number of hydrogen-bond donors (Lipinski definition) is 2. The molecule has 1 aliphatic rings. The lowest BCUT2D eigenvalue weighted by Crippen LogP contribution is -2.45. The summed E-state index contributed by atoms with van der Waals surface area (Å²) in [5.74, 6) is -3.04. The number of fused-ring (bicyclic) bond motifs is 1. The molecule has 0 spiro atoms. The van der Waals surface area contributed by atoms with Crippen molar-refractivity contribution < 1.29 is 24.3 Å². The molecule has 8 heteroatoms. The van der Waals surface area contributed by atoms with Crippen LogP contribution < -0.4 is 10.2 Å². The van der Waals surface area contributed by atoms with Crippen LogP contribution in [0.3, 0.4) is 0 Å². The third-order valence-corrected chi connectivity index (χ3v) is 4.73. The molecule has 150 valence electrons. The van der Waals surface area contributed by atoms with Crippen LogP contribution in [0.2, 0.25) is 0 Å². The summed E-state index contributed by atoms with van der Waals surface area (Å²) in [6.07, 6.45) is -0.331. The molecule has 2 aromatic rings. The molecule has 0 saturated heterocycles. The second-order valence-corrected chi connectivity index (χ2v) is 6.91. The van der Waals surface area contributed by atoms with Gasteiger partial charge in [0.15, 0.2) is 0 Å². The fraction of sp³-hybridized carbons (Fsp3) is 0.238. The first-order valence-electron chi connectivity index (χ1n) is 9.06. The number of aliphatic carboxylic acids is 1. The number of imide groups is 1. The van der Waals surface area contributed by atoms with Gasteiger partial charge < -0.3 is 15.3 Å². The molecule has 3 amide bonds. The van der Waals surface area contributed by atoms with Crippen LogP contribution in [-0.4, -0.2) is 53.8 Å². The number of carboxylic acids is 1. The molecular weight excluding hydrogens is 374 g/mol. The molecule has 0 aliphatic carbocycles. The zero-order chi connectivity index (χ0) is 21.1. The van der Waals surface area contributed by atoms with E-state index in [0.717, 1.165) is 10.6 Å². The molecule has 29 heavy (non-hydrogen) atoms. The number of amides is 3. The molecule has 0 saturated carbocycles. The Morgan fingerprint density at radius 1 is 1.00 bits per heavy atom. The Bertz CT molecular complexity index is 934. The smallest absolute Gasteiger partial charge is 0.326 e. The number of carboxylic acid groups (broad SMARTS) is 1. The van der Waals surface area contributed by atoms with E-state index in [1.165, 1.54) is 12.1 Å². The normalized spacial score (nSPS) is 13.8. The average molecular weight is 395 g/mol. The fourth-order valence-corrected chi connectivity index (χ4v) is 3.19. The standard InChI is InChI=1S/C21H21N3O5/c1-23(2)14-9-7-13(8-10-14)22-18(25)12-11-17(21(28)29)24-19(26)15-5-3-4-6-16(15)20(24)27/h3-10,17H,11-12H2,1-2H3,(H,22,25)(H,28,29). The molecule has 1 unspecified atom stereocenters. The molecule has 3 rings (SSSR count). The Morgan fingerprint density at radius 3 is 2.03 bits per heavy atom. The largest absolute Gasteiger partial charge is 0.480 e. The zero-order valence-corrected chi connectivity index (χ0v) is 16.1. The lowest BCUT2D eigenvalue weighted by atomic mass is 10.1. The third kappa shape index (κ3) is 4.11. The Hall–Kier alpha value is -3.68. The van der Waals surface area contributed by atoms with Crippen molar-refractivity contribution in [1.82, 2.24) is 4.90 Å². The first-order valence-corrected chi connectivity index (χ1v) is 9.06. The molecule has 0 bridgehead atoms. The maximum Gasteiger partial charge on any atom is 0.326 e. The summed E-state index contributed by atoms with van der Waals surface area (Å²) in [6.45, 7) is 0. The van der Waals surface area contributed by atoms with Gasteiger partial charge in [-0.2, -0.15) is 0 Å². The number of benzene rings is 2. The lowest BCUT2D eigenvalue weighted by molar-refractivity contribution is -0.141. The Labute approximate surface area is 167 Å². The third-order valence-electron chi connectivity index (χ3n) is 4.73. The van der Waals surface area contributed by atoms with Crippen LogP contribution in [-0.2, 0) is 9.59 Å². The first kappa shape index (κ1) is 20.1. The molecule has 1 aliphatic heterocycles. The lowest BCUT2D eigenvalue weighted by Gasteiger charge is -2.22. The topological polar surface area (TPSA) is 107 Å². The Kier molecular flexibility index (Phi) is 5.63. The van der Waals surface area contributed by atoms with E-state index < -0.39 is 29.7 Å². The van der Waals surface area contributed by atoms with Gasteiger partial charge in [-0.05, 0) is 42.8 Å². The summed E-state index contributed by atoms with van der Waals surface area (Å²) < 4.78 is 0. The number of nitrogens with zero attached hydrogens (tertiary/aromatic N) is 2. The summed E-state index contributed by atoms with van der Waals surface area (Å²) >= 11 is 0. The highest BCUT2D eigenvalue weighted by Crippen LogP contribution is 2.26. The Balaban J connectivity index is 1.66. The Morgan fingerprint density at radius 2 is 1.55 bits per heavy atom. The number of hydrogen-bond acceptors (Lipinski definition) is 5. The summed E-state index contributed by atoms with van der Waals surface area (Å²) in [5, 5.41) is 12.2. The van der Waals surface area contributed by atoms with Crippen molar-refractivity contribution in [3.8, 4) is 0 Å². The van der Waals surface area contributed by atoms with Gasteiger partial charge in [0.05, 0.1) is 11.1 Å². The van der Waals surface area contributed by atoms with Crippen LogP contribution in [0.25, 0.3) is 0 Å². The van der Waals surface area contributed by atoms with Gasteiger partial charge in [0.25, 0.3) is 11.8 Å². The van der Waals surface area contributed by atoms with E-state index in [2.05, 4.69) is 5.32 Å². The van der Waals surface area contributed by atoms with Crippen molar-refractivity contribution in [2.45, 2.75) is 18.9 Å². The summed E-state index contributed by atoms with van der Waals surface area (Å²) in [7, 11) is 3.80. The molecule has 2 N–H and O–H groups in total. The van der Waals surface area contributed by atoms with E-state index >= 15 is 0 Å². The van der Waals surface area contributed by atoms with Gasteiger partial charge in [-0.25, -0.2) is 4.79 Å². The van der Waals surface area contributed by atoms with E-state index in [1.54, 1.807) is 24.3 Å². The molecular formula is C21H21N3O5. The van der Waals surface area contributed by atoms with Crippen molar-refractivity contribution >= 4 is 35.1 Å². The molecule has 0 radical (unpaired) electrons. The maximum absolute atomic E-state index is 12.5. The highest BCUT2D eigenvalue weighted by Gasteiger charge is 2.42. The maximum atomic E-state index is 12.5. The summed E-state index contributed by atoms with van der Waals surface area (Å²) in [5.41, 5.74) is 1.90. The molecule has 1 heterocycles. The summed E-state index contributed by atoms with van der Waals surface area (Å²) in [6, 6.07) is 11.9. The first-order chi connectivity index (χ1) is 13.8. The average Bonchev–Trinajstić information content (AvgIpc) is 2.94. The van der Waals surface area contributed by atoms with Gasteiger partial charge in [0.1, 0.15) is 6.04 Å². The molecule has 0 aromatic heterocycles. The van der Waals surface area contributed by atoms with Gasteiger partial charge in [0, 0.05) is 31.9 Å². The molecule has 1 atom stereocenters. The van der Waals surface area contributed by atoms with Gasteiger partial charge in [-0.1, -0.05) is 12.1 Å². The minimum Gasteiger partial charge on any atom is -0.480 e. The summed E-state index contributed by atoms with van der Waals surface area (Å²) in [4.78, 5) is 51.6. The minimum atomic E-state index is -1.41. The van der Waals surface area contributed by atoms with Crippen LogP contribution in [0.15, 0.2) is 48.5 Å². The van der Waals surface area contributed by atoms with E-state index in [-0.39, 0.29) is 24.0 Å². The van der Waals surface area contributed by atoms with Crippen LogP contribution >= 0.6 is 0 Å². The predicted molar refractivity (Wildman–Crippen MR) is 107 cm³/mol. The van der Waals surface area contributed by atoms with Crippen molar-refractivity contribution in [1.29, 1.82) is 0 Å². The van der Waals surface area contributed by atoms with Crippen molar-refractivity contribution in [2.75, 3.05) is 24.3 Å². The second-order valence-electron chi connectivity index (χ2n) is 6.91. The number of carbonyl (C=O) groups excluding carboxylic acids is 3. The van der Waals surface area contributed by atoms with Crippen LogP contribution in [0.4, 0.5) is 11.4 Å². The predicted octanol–water partition coefficient (Wildman–Crippen LogP) is 2.22. The molecule has 0 fully saturated rings. The van der Waals surface area contributed by atoms with Crippen LogP contribution in [0.1, 0.15) is 33.6 Å². The SMILES string of the molecule is CN(C)c1ccc(NC(=O)CCC(C(=O)O)N2C(=O)c3ccccc3C2=O)cc1. The van der Waals surface area contributed by atoms with E-state index in [4.69, 9.17) is 0 Å². The van der Waals surface area contributed by atoms with Gasteiger partial charge in [-0.15, -0.1) is 0 Å². The monoisotopic (exact) mass is 395 g/mol. The van der Waals surface area contributed by atoms with Crippen LogP contribution in [0, 0.1) is 0 Å². The fourth-order valence-electron chi connectivity index (χ4n) is 3.19. The van der Waals surface area contributed by atoms with Crippen molar-refractivity contribution in [2.24, 2.45) is 0 Å². The number of rotatable bonds is 7. The number of carbonyl (C=O) groups is 4. The molecule has 2 aromatic carbocycles. The zero-order valence-electron chi connectivity index (χ0n) is 16.1. The minimum absolute atomic E-state index is 0.153. The molecule has 8 nitrogen and oxygen atoms in total. The number of anilines is 2. The van der Waals surface area contributed by atoms with E-state index in [1.807, 2.05) is 31.1 Å². The van der Waals surface area contributed by atoms with Gasteiger partial charge in [-0.3, -0.25) is 19.3 Å². The van der Waals surface area contributed by atoms with E-state index in [9.17, 15) is 24.3 Å². The second kappa shape index (κ2) is 8.14. The number of nitrogens with one attached hydrogen (secondary N) is 1. The van der Waals surface area contributed by atoms with Crippen molar-refractivity contribution in [3.63, 3.8) is 0 Å².